The van der Waals surface area contributed by atoms with Crippen LogP contribution in [0.25, 0.3) is 22.4 Å². The zero-order chi connectivity index (χ0) is 27.6. The van der Waals surface area contributed by atoms with E-state index in [9.17, 15) is 18.3 Å². The van der Waals surface area contributed by atoms with Gasteiger partial charge in [-0.05, 0) is 68.9 Å². The van der Waals surface area contributed by atoms with Crippen LogP contribution in [0.4, 0.5) is 0 Å². The van der Waals surface area contributed by atoms with Crippen molar-refractivity contribution < 1.29 is 18.3 Å². The number of carbonyl (C=O) groups excluding carboxylic acids is 1. The molecule has 1 aliphatic carbocycles. The average molecular weight is 547 g/mol. The Hall–Kier alpha value is -3.53. The van der Waals surface area contributed by atoms with Gasteiger partial charge in [0.25, 0.3) is 0 Å². The second-order valence-corrected chi connectivity index (χ2v) is 12.1. The van der Waals surface area contributed by atoms with Crippen LogP contribution in [0, 0.1) is 5.92 Å². The van der Waals surface area contributed by atoms with Gasteiger partial charge in [-0.1, -0.05) is 54.6 Å². The minimum Gasteiger partial charge on any atom is -0.389 e. The quantitative estimate of drug-likeness (QED) is 0.248. The molecule has 39 heavy (non-hydrogen) atoms. The maximum absolute atomic E-state index is 13.2. The normalized spacial score (nSPS) is 19.5. The van der Waals surface area contributed by atoms with Crippen molar-refractivity contribution in [3.8, 4) is 11.4 Å². The number of hydrogen-bond donors (Lipinski definition) is 4. The summed E-state index contributed by atoms with van der Waals surface area (Å²) in [4.78, 5) is 20.8. The molecule has 0 saturated heterocycles. The highest BCUT2D eigenvalue weighted by Crippen LogP contribution is 2.28. The molecule has 8 nitrogen and oxygen atoms in total. The third-order valence-electron chi connectivity index (χ3n) is 7.51. The van der Waals surface area contributed by atoms with E-state index in [4.69, 9.17) is 0 Å². The van der Waals surface area contributed by atoms with E-state index in [1.807, 2.05) is 61.5 Å². The Morgan fingerprint density at radius 3 is 2.31 bits per heavy atom. The van der Waals surface area contributed by atoms with E-state index < -0.39 is 16.1 Å². The number of nitrogens with zero attached hydrogens (tertiary/aromatic N) is 1. The number of aromatic nitrogens is 2. The number of benzene rings is 3. The molecule has 0 radical (unpaired) electrons. The second kappa shape index (κ2) is 11.3. The number of sulfonamides is 1. The third kappa shape index (κ3) is 6.21. The van der Waals surface area contributed by atoms with Gasteiger partial charge in [0.05, 0.1) is 28.1 Å². The van der Waals surface area contributed by atoms with Crippen LogP contribution in [0.15, 0.2) is 77.7 Å². The van der Waals surface area contributed by atoms with E-state index in [1.165, 1.54) is 0 Å². The zero-order valence-corrected chi connectivity index (χ0v) is 22.9. The molecule has 1 aromatic heterocycles. The number of aromatic amines is 1. The van der Waals surface area contributed by atoms with E-state index in [0.717, 1.165) is 22.2 Å². The lowest BCUT2D eigenvalue weighted by molar-refractivity contribution is -0.126. The molecule has 1 fully saturated rings. The fourth-order valence-electron chi connectivity index (χ4n) is 5.13. The highest BCUT2D eigenvalue weighted by atomic mass is 32.2. The number of hydrogen-bond acceptors (Lipinski definition) is 5. The van der Waals surface area contributed by atoms with Crippen molar-refractivity contribution in [3.63, 3.8) is 0 Å². The van der Waals surface area contributed by atoms with Gasteiger partial charge in [0.15, 0.2) is 0 Å². The predicted molar refractivity (Wildman–Crippen MR) is 151 cm³/mol. The van der Waals surface area contributed by atoms with Gasteiger partial charge in [-0.2, -0.15) is 0 Å². The maximum Gasteiger partial charge on any atom is 0.240 e. The molecule has 2 atom stereocenters. The molecule has 1 amide bonds. The molecule has 1 saturated carbocycles. The van der Waals surface area contributed by atoms with E-state index in [2.05, 4.69) is 20.0 Å². The lowest BCUT2D eigenvalue weighted by Crippen LogP contribution is -2.41. The topological polar surface area (TPSA) is 124 Å². The number of rotatable bonds is 8. The van der Waals surface area contributed by atoms with Gasteiger partial charge in [-0.15, -0.1) is 0 Å². The molecule has 4 N–H and O–H groups in total. The van der Waals surface area contributed by atoms with Gasteiger partial charge < -0.3 is 15.4 Å². The van der Waals surface area contributed by atoms with Crippen LogP contribution in [0.2, 0.25) is 0 Å². The summed E-state index contributed by atoms with van der Waals surface area (Å²) in [5.74, 6) is 0.529. The minimum atomic E-state index is -3.75. The van der Waals surface area contributed by atoms with Crippen LogP contribution in [-0.4, -0.2) is 35.4 Å². The van der Waals surface area contributed by atoms with Gasteiger partial charge >= 0.3 is 0 Å². The van der Waals surface area contributed by atoms with Crippen molar-refractivity contribution >= 4 is 27.0 Å². The van der Waals surface area contributed by atoms with E-state index in [0.29, 0.717) is 37.0 Å². The molecule has 1 unspecified atom stereocenters. The number of carbonyl (C=O) groups is 1. The van der Waals surface area contributed by atoms with Crippen molar-refractivity contribution in [2.24, 2.45) is 5.92 Å². The first-order valence-electron chi connectivity index (χ1n) is 13.4. The fourth-order valence-corrected chi connectivity index (χ4v) is 6.45. The Bertz CT molecular complexity index is 1540. The van der Waals surface area contributed by atoms with Gasteiger partial charge in [0.1, 0.15) is 5.82 Å². The first kappa shape index (κ1) is 27.1. The summed E-state index contributed by atoms with van der Waals surface area (Å²) in [5.41, 5.74) is 4.01. The largest absolute Gasteiger partial charge is 0.389 e. The van der Waals surface area contributed by atoms with Crippen molar-refractivity contribution in [1.29, 1.82) is 0 Å². The lowest BCUT2D eigenvalue weighted by Gasteiger charge is -2.29. The Labute approximate surface area is 228 Å². The average Bonchev–Trinajstić information content (AvgIpc) is 3.37. The Morgan fingerprint density at radius 1 is 0.949 bits per heavy atom. The number of aliphatic hydroxyl groups excluding tert-OH is 1. The van der Waals surface area contributed by atoms with Gasteiger partial charge in [-0.25, -0.2) is 18.1 Å². The first-order chi connectivity index (χ1) is 18.7. The van der Waals surface area contributed by atoms with Crippen LogP contribution in [-0.2, 0) is 14.8 Å². The molecule has 4 aromatic rings. The monoisotopic (exact) mass is 546 g/mol. The van der Waals surface area contributed by atoms with E-state index in [1.54, 1.807) is 25.1 Å². The fraction of sp³-hybridized carbons (Fsp3) is 0.333. The second-order valence-electron chi connectivity index (χ2n) is 10.4. The number of amides is 1. The molecule has 0 aliphatic heterocycles. The maximum atomic E-state index is 13.2. The van der Waals surface area contributed by atoms with Gasteiger partial charge in [0.2, 0.25) is 15.9 Å². The molecular weight excluding hydrogens is 512 g/mol. The molecule has 9 heteroatoms. The van der Waals surface area contributed by atoms with Crippen molar-refractivity contribution in [2.75, 3.05) is 0 Å². The van der Waals surface area contributed by atoms with E-state index >= 15 is 0 Å². The van der Waals surface area contributed by atoms with Crippen molar-refractivity contribution in [2.45, 2.75) is 62.6 Å². The number of aliphatic hydroxyl groups is 1. The Morgan fingerprint density at radius 2 is 1.64 bits per heavy atom. The van der Waals surface area contributed by atoms with E-state index in [-0.39, 0.29) is 28.8 Å². The summed E-state index contributed by atoms with van der Waals surface area (Å²) in [7, 11) is -3.75. The van der Waals surface area contributed by atoms with Crippen LogP contribution in [0.1, 0.15) is 62.8 Å². The number of nitrogens with one attached hydrogen (secondary N) is 3. The highest BCUT2D eigenvalue weighted by Gasteiger charge is 2.30. The highest BCUT2D eigenvalue weighted by molar-refractivity contribution is 7.89. The van der Waals surface area contributed by atoms with Crippen LogP contribution in [0.3, 0.4) is 0 Å². The zero-order valence-electron chi connectivity index (χ0n) is 22.1. The van der Waals surface area contributed by atoms with Crippen LogP contribution in [0.5, 0.6) is 0 Å². The van der Waals surface area contributed by atoms with Crippen LogP contribution >= 0.6 is 0 Å². The number of fused-ring (bicyclic) bond motifs is 1. The molecule has 0 bridgehead atoms. The summed E-state index contributed by atoms with van der Waals surface area (Å²) >= 11 is 0. The minimum absolute atomic E-state index is 0.0213. The Kier molecular flexibility index (Phi) is 7.83. The molecule has 3 aromatic carbocycles. The summed E-state index contributed by atoms with van der Waals surface area (Å²) in [6.07, 6.45) is 1.93. The van der Waals surface area contributed by atoms with Crippen molar-refractivity contribution in [1.82, 2.24) is 20.0 Å². The summed E-state index contributed by atoms with van der Waals surface area (Å²) < 4.78 is 29.2. The molecule has 1 aliphatic rings. The summed E-state index contributed by atoms with van der Waals surface area (Å²) in [6.45, 7) is 3.68. The van der Waals surface area contributed by atoms with Crippen LogP contribution < -0.4 is 10.0 Å². The first-order valence-corrected chi connectivity index (χ1v) is 14.8. The van der Waals surface area contributed by atoms with Gasteiger partial charge in [0, 0.05) is 17.5 Å². The third-order valence-corrected chi connectivity index (χ3v) is 9.03. The Balaban J connectivity index is 1.20. The summed E-state index contributed by atoms with van der Waals surface area (Å²) in [5, 5.41) is 12.8. The smallest absolute Gasteiger partial charge is 0.240 e. The SMILES string of the molecule is CC(O)c1ccc(-c2nc3cc(S(=O)(=O)N[C@H]4CC[C@H](C(=O)N[C@H](C)c5ccccc5)CC4)ccc3[nH]2)cc1. The standard InChI is InChI=1S/C30H34N4O4S/c1-19(21-6-4-3-5-7-21)31-30(36)24-12-14-25(15-13-24)34-39(37,38)26-16-17-27-28(18-26)33-29(32-27)23-10-8-22(9-11-23)20(2)35/h3-11,16-20,24-25,34-35H,12-15H2,1-2H3,(H,31,36)(H,32,33)/t19-,20?,24-,25-/m1/s1. The molecular formula is C30H34N4O4S. The number of H-pyrrole nitrogens is 1. The predicted octanol–water partition coefficient (Wildman–Crippen LogP) is 5.00. The van der Waals surface area contributed by atoms with Crippen molar-refractivity contribution in [3.05, 3.63) is 83.9 Å². The number of imidazole rings is 1. The van der Waals surface area contributed by atoms with Gasteiger partial charge in [-0.3, -0.25) is 4.79 Å². The molecule has 0 spiro atoms. The molecule has 204 valence electrons. The molecule has 5 rings (SSSR count). The summed E-state index contributed by atoms with van der Waals surface area (Å²) in [6, 6.07) is 21.9. The lowest BCUT2D eigenvalue weighted by atomic mass is 9.85. The molecule has 1 heterocycles.